The van der Waals surface area contributed by atoms with Crippen LogP contribution in [0.15, 0.2) is 59.1 Å². The molecule has 104 valence electrons. The van der Waals surface area contributed by atoms with Crippen LogP contribution >= 0.6 is 15.9 Å². The zero-order valence-electron chi connectivity index (χ0n) is 11.6. The van der Waals surface area contributed by atoms with E-state index in [1.807, 2.05) is 61.5 Å². The van der Waals surface area contributed by atoms with Crippen LogP contribution < -0.4 is 0 Å². The number of carbonyl (C=O) groups is 1. The maximum atomic E-state index is 12.4. The number of rotatable bonds is 3. The standard InChI is InChI=1S/C18H14BrNO/c1-12-10-14(19)7-9-16(12)18(21)11-15-8-6-13-4-2-3-5-17(13)20-15/h2-10H,11H2,1H3. The average Bonchev–Trinajstić information content (AvgIpc) is 2.47. The van der Waals surface area contributed by atoms with Gasteiger partial charge in [0.05, 0.1) is 11.9 Å². The summed E-state index contributed by atoms with van der Waals surface area (Å²) in [4.78, 5) is 17.0. The lowest BCUT2D eigenvalue weighted by atomic mass is 10.0. The number of benzene rings is 2. The second kappa shape index (κ2) is 5.78. The Hall–Kier alpha value is -2.00. The molecule has 0 aliphatic carbocycles. The molecule has 0 atom stereocenters. The van der Waals surface area contributed by atoms with Crippen molar-refractivity contribution in [3.05, 3.63) is 75.9 Å². The van der Waals surface area contributed by atoms with Gasteiger partial charge in [-0.05, 0) is 36.8 Å². The lowest BCUT2D eigenvalue weighted by Gasteiger charge is -2.06. The number of ketones is 1. The molecule has 0 bridgehead atoms. The van der Waals surface area contributed by atoms with Crippen molar-refractivity contribution in [1.29, 1.82) is 0 Å². The average molecular weight is 340 g/mol. The normalized spacial score (nSPS) is 10.8. The number of carbonyl (C=O) groups excluding carboxylic acids is 1. The molecule has 3 heteroatoms. The number of hydrogen-bond donors (Lipinski definition) is 0. The minimum Gasteiger partial charge on any atom is -0.294 e. The van der Waals surface area contributed by atoms with Crippen molar-refractivity contribution < 1.29 is 4.79 Å². The van der Waals surface area contributed by atoms with E-state index in [0.717, 1.165) is 32.2 Å². The van der Waals surface area contributed by atoms with Gasteiger partial charge in [0.25, 0.3) is 0 Å². The smallest absolute Gasteiger partial charge is 0.169 e. The maximum absolute atomic E-state index is 12.4. The van der Waals surface area contributed by atoms with Gasteiger partial charge in [-0.2, -0.15) is 0 Å². The molecule has 0 fully saturated rings. The van der Waals surface area contributed by atoms with Crippen molar-refractivity contribution in [1.82, 2.24) is 4.98 Å². The zero-order chi connectivity index (χ0) is 14.8. The van der Waals surface area contributed by atoms with Crippen LogP contribution in [0, 0.1) is 6.92 Å². The van der Waals surface area contributed by atoms with E-state index in [2.05, 4.69) is 20.9 Å². The molecule has 0 unspecified atom stereocenters. The molecular formula is C18H14BrNO. The van der Waals surface area contributed by atoms with Crippen molar-refractivity contribution in [2.75, 3.05) is 0 Å². The van der Waals surface area contributed by atoms with Gasteiger partial charge in [0.15, 0.2) is 5.78 Å². The first-order valence-electron chi connectivity index (χ1n) is 6.77. The summed E-state index contributed by atoms with van der Waals surface area (Å²) >= 11 is 3.42. The summed E-state index contributed by atoms with van der Waals surface area (Å²) in [5, 5.41) is 1.09. The third-order valence-corrected chi connectivity index (χ3v) is 3.98. The summed E-state index contributed by atoms with van der Waals surface area (Å²) in [7, 11) is 0. The van der Waals surface area contributed by atoms with Gasteiger partial charge in [-0.1, -0.05) is 46.3 Å². The quantitative estimate of drug-likeness (QED) is 0.645. The number of hydrogen-bond acceptors (Lipinski definition) is 2. The van der Waals surface area contributed by atoms with Gasteiger partial charge in [0.2, 0.25) is 0 Å². The second-order valence-corrected chi connectivity index (χ2v) is 5.97. The SMILES string of the molecule is Cc1cc(Br)ccc1C(=O)Cc1ccc2ccccc2n1. The van der Waals surface area contributed by atoms with Crippen LogP contribution in [-0.2, 0) is 6.42 Å². The van der Waals surface area contributed by atoms with Gasteiger partial charge in [-0.15, -0.1) is 0 Å². The fourth-order valence-corrected chi connectivity index (χ4v) is 2.88. The van der Waals surface area contributed by atoms with Crippen LogP contribution in [0.25, 0.3) is 10.9 Å². The van der Waals surface area contributed by atoms with Crippen molar-refractivity contribution in [3.63, 3.8) is 0 Å². The van der Waals surface area contributed by atoms with Crippen LogP contribution in [0.2, 0.25) is 0 Å². The number of halogens is 1. The predicted octanol–water partition coefficient (Wildman–Crippen LogP) is 4.73. The van der Waals surface area contributed by atoms with E-state index in [0.29, 0.717) is 6.42 Å². The van der Waals surface area contributed by atoms with Crippen molar-refractivity contribution in [2.24, 2.45) is 0 Å². The molecule has 0 aliphatic rings. The van der Waals surface area contributed by atoms with Crippen LogP contribution in [-0.4, -0.2) is 10.8 Å². The third-order valence-electron chi connectivity index (χ3n) is 3.49. The fourth-order valence-electron chi connectivity index (χ4n) is 2.41. The zero-order valence-corrected chi connectivity index (χ0v) is 13.2. The highest BCUT2D eigenvalue weighted by molar-refractivity contribution is 9.10. The van der Waals surface area contributed by atoms with Crippen molar-refractivity contribution >= 4 is 32.6 Å². The van der Waals surface area contributed by atoms with Gasteiger partial charge in [0.1, 0.15) is 0 Å². The molecule has 2 nitrogen and oxygen atoms in total. The molecule has 0 N–H and O–H groups in total. The Balaban J connectivity index is 1.89. The molecule has 0 saturated carbocycles. The number of aryl methyl sites for hydroxylation is 1. The van der Waals surface area contributed by atoms with Gasteiger partial charge in [-0.3, -0.25) is 9.78 Å². The van der Waals surface area contributed by atoms with E-state index in [1.165, 1.54) is 0 Å². The first-order chi connectivity index (χ1) is 10.1. The maximum Gasteiger partial charge on any atom is 0.169 e. The van der Waals surface area contributed by atoms with Gasteiger partial charge in [0, 0.05) is 21.1 Å². The van der Waals surface area contributed by atoms with E-state index >= 15 is 0 Å². The van der Waals surface area contributed by atoms with Crippen LogP contribution in [0.1, 0.15) is 21.6 Å². The lowest BCUT2D eigenvalue weighted by Crippen LogP contribution is -2.07. The monoisotopic (exact) mass is 339 g/mol. The molecule has 0 amide bonds. The molecule has 2 aromatic carbocycles. The van der Waals surface area contributed by atoms with E-state index in [-0.39, 0.29) is 5.78 Å². The highest BCUT2D eigenvalue weighted by atomic mass is 79.9. The molecule has 0 spiro atoms. The fraction of sp³-hybridized carbons (Fsp3) is 0.111. The molecule has 0 radical (unpaired) electrons. The van der Waals surface area contributed by atoms with Gasteiger partial charge < -0.3 is 0 Å². The summed E-state index contributed by atoms with van der Waals surface area (Å²) in [6.45, 7) is 1.95. The summed E-state index contributed by atoms with van der Waals surface area (Å²) in [5.41, 5.74) is 3.47. The second-order valence-electron chi connectivity index (χ2n) is 5.05. The number of nitrogens with zero attached hydrogens (tertiary/aromatic N) is 1. The highest BCUT2D eigenvalue weighted by Crippen LogP contribution is 2.18. The third kappa shape index (κ3) is 3.03. The van der Waals surface area contributed by atoms with E-state index in [4.69, 9.17) is 0 Å². The first-order valence-corrected chi connectivity index (χ1v) is 7.57. The number of aromatic nitrogens is 1. The van der Waals surface area contributed by atoms with Gasteiger partial charge >= 0.3 is 0 Å². The van der Waals surface area contributed by atoms with Crippen LogP contribution in [0.4, 0.5) is 0 Å². The largest absolute Gasteiger partial charge is 0.294 e. The molecule has 3 aromatic rings. The van der Waals surface area contributed by atoms with Crippen molar-refractivity contribution in [3.8, 4) is 0 Å². The van der Waals surface area contributed by atoms with Crippen LogP contribution in [0.3, 0.4) is 0 Å². The lowest BCUT2D eigenvalue weighted by molar-refractivity contribution is 0.0991. The number of pyridine rings is 1. The summed E-state index contributed by atoms with van der Waals surface area (Å²) in [5.74, 6) is 0.0998. The van der Waals surface area contributed by atoms with E-state index < -0.39 is 0 Å². The summed E-state index contributed by atoms with van der Waals surface area (Å²) in [6, 6.07) is 17.6. The van der Waals surface area contributed by atoms with Gasteiger partial charge in [-0.25, -0.2) is 0 Å². The summed E-state index contributed by atoms with van der Waals surface area (Å²) < 4.78 is 0.986. The Morgan fingerprint density at radius 2 is 1.90 bits per heavy atom. The molecule has 0 aliphatic heterocycles. The van der Waals surface area contributed by atoms with Crippen LogP contribution in [0.5, 0.6) is 0 Å². The number of para-hydroxylation sites is 1. The topological polar surface area (TPSA) is 30.0 Å². The van der Waals surface area contributed by atoms with E-state index in [1.54, 1.807) is 0 Å². The first kappa shape index (κ1) is 14.0. The number of fused-ring (bicyclic) bond motifs is 1. The Bertz CT molecular complexity index is 826. The van der Waals surface area contributed by atoms with Crippen molar-refractivity contribution in [2.45, 2.75) is 13.3 Å². The molecule has 21 heavy (non-hydrogen) atoms. The minimum atomic E-state index is 0.0998. The molecular weight excluding hydrogens is 326 g/mol. The Kier molecular flexibility index (Phi) is 3.84. The molecule has 1 aromatic heterocycles. The van der Waals surface area contributed by atoms with E-state index in [9.17, 15) is 4.79 Å². The predicted molar refractivity (Wildman–Crippen MR) is 88.7 cm³/mol. The molecule has 3 rings (SSSR count). The number of Topliss-reactive ketones (excluding diaryl/α,β-unsaturated/α-hetero) is 1. The molecule has 0 saturated heterocycles. The summed E-state index contributed by atoms with van der Waals surface area (Å²) in [6.07, 6.45) is 0.327. The Morgan fingerprint density at radius 1 is 1.10 bits per heavy atom. The minimum absolute atomic E-state index is 0.0998. The molecule has 1 heterocycles. The highest BCUT2D eigenvalue weighted by Gasteiger charge is 2.11. The Morgan fingerprint density at radius 3 is 2.71 bits per heavy atom. The Labute approximate surface area is 132 Å².